The normalized spacial score (nSPS) is 10.4. The van der Waals surface area contributed by atoms with Crippen molar-refractivity contribution in [1.82, 2.24) is 20.2 Å². The number of hydrogen-bond acceptors (Lipinski definition) is 7. The Bertz CT molecular complexity index is 1030. The molecule has 0 saturated carbocycles. The van der Waals surface area contributed by atoms with Crippen molar-refractivity contribution in [2.45, 2.75) is 25.4 Å². The van der Waals surface area contributed by atoms with E-state index in [9.17, 15) is 4.79 Å². The van der Waals surface area contributed by atoms with Gasteiger partial charge in [-0.2, -0.15) is 9.94 Å². The summed E-state index contributed by atoms with van der Waals surface area (Å²) in [5.74, 6) is 0.754. The van der Waals surface area contributed by atoms with Crippen LogP contribution in [0.25, 0.3) is 5.69 Å². The SMILES string of the molecule is CCOc1ccc(N(CCC#N)C(=O)CSc2nnnn2-c2ccccc2C)cc1. The molecule has 30 heavy (non-hydrogen) atoms. The number of hydrogen-bond donors (Lipinski definition) is 0. The molecule has 9 heteroatoms. The molecule has 0 spiro atoms. The van der Waals surface area contributed by atoms with Crippen molar-refractivity contribution in [2.24, 2.45) is 0 Å². The first kappa shape index (κ1) is 21.3. The van der Waals surface area contributed by atoms with Crippen molar-refractivity contribution in [3.05, 3.63) is 54.1 Å². The molecule has 0 N–H and O–H groups in total. The van der Waals surface area contributed by atoms with Crippen molar-refractivity contribution >= 4 is 23.4 Å². The molecule has 154 valence electrons. The van der Waals surface area contributed by atoms with Crippen LogP contribution in [-0.4, -0.2) is 45.0 Å². The zero-order valence-corrected chi connectivity index (χ0v) is 17.7. The van der Waals surface area contributed by atoms with E-state index in [2.05, 4.69) is 21.6 Å². The fourth-order valence-electron chi connectivity index (χ4n) is 2.87. The Morgan fingerprint density at radius 2 is 2.00 bits per heavy atom. The van der Waals surface area contributed by atoms with Gasteiger partial charge in [0.1, 0.15) is 5.75 Å². The first-order chi connectivity index (χ1) is 14.6. The van der Waals surface area contributed by atoms with Crippen molar-refractivity contribution in [1.29, 1.82) is 5.26 Å². The van der Waals surface area contributed by atoms with Crippen LogP contribution in [-0.2, 0) is 4.79 Å². The average molecular weight is 423 g/mol. The molecular weight excluding hydrogens is 400 g/mol. The highest BCUT2D eigenvalue weighted by molar-refractivity contribution is 7.99. The number of aryl methyl sites for hydroxylation is 1. The lowest BCUT2D eigenvalue weighted by molar-refractivity contribution is -0.116. The molecule has 0 bridgehead atoms. The van der Waals surface area contributed by atoms with Gasteiger partial charge in [0.15, 0.2) is 0 Å². The van der Waals surface area contributed by atoms with Crippen LogP contribution < -0.4 is 9.64 Å². The van der Waals surface area contributed by atoms with Crippen LogP contribution in [0.4, 0.5) is 5.69 Å². The van der Waals surface area contributed by atoms with E-state index in [0.29, 0.717) is 18.3 Å². The van der Waals surface area contributed by atoms with Gasteiger partial charge in [-0.05, 0) is 60.2 Å². The number of anilines is 1. The summed E-state index contributed by atoms with van der Waals surface area (Å²) in [5, 5.41) is 21.4. The first-order valence-electron chi connectivity index (χ1n) is 9.51. The maximum absolute atomic E-state index is 13.0. The fraction of sp³-hybridized carbons (Fsp3) is 0.286. The smallest absolute Gasteiger partial charge is 0.237 e. The molecule has 0 aliphatic rings. The average Bonchev–Trinajstić information content (AvgIpc) is 3.22. The zero-order valence-electron chi connectivity index (χ0n) is 16.9. The summed E-state index contributed by atoms with van der Waals surface area (Å²) in [4.78, 5) is 14.6. The molecule has 1 aromatic heterocycles. The number of aromatic nitrogens is 4. The van der Waals surface area contributed by atoms with Crippen LogP contribution in [0.1, 0.15) is 18.9 Å². The van der Waals surface area contributed by atoms with Gasteiger partial charge in [-0.1, -0.05) is 30.0 Å². The molecule has 0 atom stereocenters. The van der Waals surface area contributed by atoms with Gasteiger partial charge in [-0.3, -0.25) is 4.79 Å². The van der Waals surface area contributed by atoms with Crippen molar-refractivity contribution < 1.29 is 9.53 Å². The summed E-state index contributed by atoms with van der Waals surface area (Å²) in [7, 11) is 0. The number of tetrazole rings is 1. The lowest BCUT2D eigenvalue weighted by Gasteiger charge is -2.22. The van der Waals surface area contributed by atoms with Gasteiger partial charge in [-0.25, -0.2) is 0 Å². The monoisotopic (exact) mass is 422 g/mol. The number of thioether (sulfide) groups is 1. The van der Waals surface area contributed by atoms with Crippen LogP contribution >= 0.6 is 11.8 Å². The summed E-state index contributed by atoms with van der Waals surface area (Å²) in [5.41, 5.74) is 2.62. The highest BCUT2D eigenvalue weighted by Gasteiger charge is 2.19. The lowest BCUT2D eigenvalue weighted by Crippen LogP contribution is -2.33. The fourth-order valence-corrected chi connectivity index (χ4v) is 3.63. The number of rotatable bonds is 9. The number of nitriles is 1. The Balaban J connectivity index is 1.74. The van der Waals surface area contributed by atoms with E-state index in [1.54, 1.807) is 9.58 Å². The van der Waals surface area contributed by atoms with Gasteiger partial charge in [0.25, 0.3) is 0 Å². The van der Waals surface area contributed by atoms with Crippen LogP contribution in [0.2, 0.25) is 0 Å². The third-order valence-corrected chi connectivity index (χ3v) is 5.22. The summed E-state index contributed by atoms with van der Waals surface area (Å²) in [6.07, 6.45) is 0.241. The predicted molar refractivity (Wildman–Crippen MR) is 115 cm³/mol. The minimum absolute atomic E-state index is 0.126. The first-order valence-corrected chi connectivity index (χ1v) is 10.5. The number of carbonyl (C=O) groups excluding carboxylic acids is 1. The Morgan fingerprint density at radius 1 is 1.23 bits per heavy atom. The second-order valence-electron chi connectivity index (χ2n) is 6.33. The molecule has 1 heterocycles. The molecule has 8 nitrogen and oxygen atoms in total. The molecule has 3 rings (SSSR count). The Morgan fingerprint density at radius 3 is 2.70 bits per heavy atom. The molecular formula is C21H22N6O2S. The van der Waals surface area contributed by atoms with E-state index in [0.717, 1.165) is 22.7 Å². The third kappa shape index (κ3) is 5.15. The highest BCUT2D eigenvalue weighted by Crippen LogP contribution is 2.24. The van der Waals surface area contributed by atoms with E-state index in [-0.39, 0.29) is 18.1 Å². The molecule has 2 aromatic carbocycles. The molecule has 0 aliphatic carbocycles. The van der Waals surface area contributed by atoms with Gasteiger partial charge < -0.3 is 9.64 Å². The van der Waals surface area contributed by atoms with Crippen LogP contribution in [0.15, 0.2) is 53.7 Å². The summed E-state index contributed by atoms with van der Waals surface area (Å²) in [6, 6.07) is 17.1. The maximum atomic E-state index is 13.0. The van der Waals surface area contributed by atoms with Crippen LogP contribution in [0.3, 0.4) is 0 Å². The number of benzene rings is 2. The molecule has 3 aromatic rings. The standard InChI is InChI=1S/C21H22N6O2S/c1-3-29-18-11-9-17(10-12-18)26(14-6-13-22)20(28)15-30-21-23-24-25-27(21)19-8-5-4-7-16(19)2/h4-5,7-12H,3,6,14-15H2,1-2H3. The van der Waals surface area contributed by atoms with Gasteiger partial charge in [-0.15, -0.1) is 5.10 Å². The Kier molecular flexibility index (Phi) is 7.40. The third-order valence-electron chi connectivity index (χ3n) is 4.32. The van der Waals surface area contributed by atoms with Crippen molar-refractivity contribution in [3.63, 3.8) is 0 Å². The predicted octanol–water partition coefficient (Wildman–Crippen LogP) is 3.41. The largest absolute Gasteiger partial charge is 0.494 e. The van der Waals surface area contributed by atoms with E-state index in [1.165, 1.54) is 11.8 Å². The molecule has 0 fully saturated rings. The van der Waals surface area contributed by atoms with Crippen molar-refractivity contribution in [3.8, 4) is 17.5 Å². The molecule has 0 radical (unpaired) electrons. The molecule has 1 amide bonds. The zero-order chi connectivity index (χ0) is 21.3. The van der Waals surface area contributed by atoms with E-state index >= 15 is 0 Å². The molecule has 0 aliphatic heterocycles. The summed E-state index contributed by atoms with van der Waals surface area (Å²) < 4.78 is 7.09. The van der Waals surface area contributed by atoms with Crippen LogP contribution in [0, 0.1) is 18.3 Å². The van der Waals surface area contributed by atoms with E-state index in [1.807, 2.05) is 62.4 Å². The number of carbonyl (C=O) groups is 1. The lowest BCUT2D eigenvalue weighted by atomic mass is 10.2. The Hall–Kier alpha value is -3.38. The quantitative estimate of drug-likeness (QED) is 0.488. The molecule has 0 saturated heterocycles. The van der Waals surface area contributed by atoms with Gasteiger partial charge in [0.05, 0.1) is 30.5 Å². The number of ether oxygens (including phenoxy) is 1. The van der Waals surface area contributed by atoms with Gasteiger partial charge >= 0.3 is 0 Å². The molecule has 0 unspecified atom stereocenters. The summed E-state index contributed by atoms with van der Waals surface area (Å²) >= 11 is 1.26. The topological polar surface area (TPSA) is 96.9 Å². The van der Waals surface area contributed by atoms with Crippen molar-refractivity contribution in [2.75, 3.05) is 23.8 Å². The van der Waals surface area contributed by atoms with E-state index < -0.39 is 0 Å². The summed E-state index contributed by atoms with van der Waals surface area (Å²) in [6.45, 7) is 4.78. The van der Waals surface area contributed by atoms with Gasteiger partial charge in [0, 0.05) is 12.2 Å². The number of nitrogens with zero attached hydrogens (tertiary/aromatic N) is 6. The van der Waals surface area contributed by atoms with Crippen LogP contribution in [0.5, 0.6) is 5.75 Å². The van der Waals surface area contributed by atoms with Gasteiger partial charge in [0.2, 0.25) is 11.1 Å². The highest BCUT2D eigenvalue weighted by atomic mass is 32.2. The minimum atomic E-state index is -0.126. The number of amides is 1. The second kappa shape index (κ2) is 10.4. The maximum Gasteiger partial charge on any atom is 0.237 e. The Labute approximate surface area is 179 Å². The second-order valence-corrected chi connectivity index (χ2v) is 7.27. The van der Waals surface area contributed by atoms with E-state index in [4.69, 9.17) is 10.00 Å². The minimum Gasteiger partial charge on any atom is -0.494 e. The number of para-hydroxylation sites is 1.